The van der Waals surface area contributed by atoms with Crippen molar-refractivity contribution in [1.29, 1.82) is 0 Å². The smallest absolute Gasteiger partial charge is 0.252 e. The molecule has 0 bridgehead atoms. The van der Waals surface area contributed by atoms with E-state index in [1.54, 1.807) is 6.20 Å². The molecular weight excluding hydrogens is 419 g/mol. The van der Waals surface area contributed by atoms with Crippen LogP contribution in [-0.2, 0) is 0 Å². The molecule has 1 unspecified atom stereocenters. The molecule has 1 aromatic heterocycles. The van der Waals surface area contributed by atoms with E-state index in [1.807, 2.05) is 43.3 Å². The van der Waals surface area contributed by atoms with Gasteiger partial charge in [-0.1, -0.05) is 22.0 Å². The van der Waals surface area contributed by atoms with E-state index in [2.05, 4.69) is 48.8 Å². The fourth-order valence-electron chi connectivity index (χ4n) is 1.65. The standard InChI is InChI=1S/C14H12BrIN2O/c1-9(13-4-2-3-7-17-13)18-14(19)11-8-10(15)5-6-12(11)16/h2-9H,1H3,(H,18,19). The van der Waals surface area contributed by atoms with Crippen LogP contribution in [0.1, 0.15) is 29.0 Å². The van der Waals surface area contributed by atoms with Gasteiger partial charge in [0.1, 0.15) is 0 Å². The Bertz CT molecular complexity index is 589. The summed E-state index contributed by atoms with van der Waals surface area (Å²) in [7, 11) is 0. The molecule has 1 heterocycles. The number of halogens is 2. The molecule has 0 saturated carbocycles. The Balaban J connectivity index is 2.15. The van der Waals surface area contributed by atoms with Crippen LogP contribution in [0.25, 0.3) is 0 Å². The number of hydrogen-bond donors (Lipinski definition) is 1. The normalized spacial score (nSPS) is 11.9. The third-order valence-corrected chi connectivity index (χ3v) is 4.09. The van der Waals surface area contributed by atoms with Gasteiger partial charge in [-0.05, 0) is 59.8 Å². The summed E-state index contributed by atoms with van der Waals surface area (Å²) in [4.78, 5) is 16.5. The van der Waals surface area contributed by atoms with Crippen LogP contribution in [0.4, 0.5) is 0 Å². The number of rotatable bonds is 3. The van der Waals surface area contributed by atoms with Gasteiger partial charge in [0.25, 0.3) is 5.91 Å². The van der Waals surface area contributed by atoms with Gasteiger partial charge >= 0.3 is 0 Å². The molecule has 2 aromatic rings. The summed E-state index contributed by atoms with van der Waals surface area (Å²) in [6, 6.07) is 11.2. The van der Waals surface area contributed by atoms with E-state index in [0.717, 1.165) is 13.7 Å². The minimum atomic E-state index is -0.122. The Hall–Kier alpha value is -0.950. The molecule has 1 N–H and O–H groups in total. The van der Waals surface area contributed by atoms with Crippen LogP contribution < -0.4 is 5.32 Å². The number of aromatic nitrogens is 1. The average molecular weight is 431 g/mol. The second kappa shape index (κ2) is 6.47. The minimum absolute atomic E-state index is 0.0937. The third kappa shape index (κ3) is 3.76. The van der Waals surface area contributed by atoms with E-state index in [0.29, 0.717) is 5.56 Å². The SMILES string of the molecule is CC(NC(=O)c1cc(Br)ccc1I)c1ccccn1. The van der Waals surface area contributed by atoms with Crippen LogP contribution >= 0.6 is 38.5 Å². The summed E-state index contributed by atoms with van der Waals surface area (Å²) in [5.74, 6) is -0.0937. The summed E-state index contributed by atoms with van der Waals surface area (Å²) in [5.41, 5.74) is 1.51. The van der Waals surface area contributed by atoms with Crippen molar-refractivity contribution in [3.8, 4) is 0 Å². The van der Waals surface area contributed by atoms with E-state index < -0.39 is 0 Å². The Kier molecular flexibility index (Phi) is 4.93. The summed E-state index contributed by atoms with van der Waals surface area (Å²) in [6.07, 6.45) is 1.72. The highest BCUT2D eigenvalue weighted by molar-refractivity contribution is 14.1. The number of pyridine rings is 1. The van der Waals surface area contributed by atoms with Crippen molar-refractivity contribution in [3.05, 3.63) is 61.9 Å². The molecule has 0 radical (unpaired) electrons. The lowest BCUT2D eigenvalue weighted by Crippen LogP contribution is -2.27. The van der Waals surface area contributed by atoms with Gasteiger partial charge in [0.2, 0.25) is 0 Å². The fourth-order valence-corrected chi connectivity index (χ4v) is 2.59. The number of benzene rings is 1. The van der Waals surface area contributed by atoms with Crippen LogP contribution in [0.5, 0.6) is 0 Å². The van der Waals surface area contributed by atoms with Crippen molar-refractivity contribution in [2.24, 2.45) is 0 Å². The van der Waals surface area contributed by atoms with E-state index in [1.165, 1.54) is 0 Å². The quantitative estimate of drug-likeness (QED) is 0.749. The summed E-state index contributed by atoms with van der Waals surface area (Å²) < 4.78 is 1.81. The van der Waals surface area contributed by atoms with Crippen molar-refractivity contribution >= 4 is 44.4 Å². The molecule has 1 atom stereocenters. The first-order valence-corrected chi connectivity index (χ1v) is 7.62. The van der Waals surface area contributed by atoms with Crippen LogP contribution in [0.3, 0.4) is 0 Å². The van der Waals surface area contributed by atoms with Gasteiger partial charge < -0.3 is 5.32 Å². The first kappa shape index (κ1) is 14.5. The number of hydrogen-bond acceptors (Lipinski definition) is 2. The first-order chi connectivity index (χ1) is 9.08. The van der Waals surface area contributed by atoms with Crippen LogP contribution in [0, 0.1) is 3.57 Å². The molecule has 0 aliphatic heterocycles. The van der Waals surface area contributed by atoms with Crippen molar-refractivity contribution in [1.82, 2.24) is 10.3 Å². The largest absolute Gasteiger partial charge is 0.344 e. The van der Waals surface area contributed by atoms with Crippen molar-refractivity contribution in [2.75, 3.05) is 0 Å². The Morgan fingerprint density at radius 2 is 2.16 bits per heavy atom. The predicted molar refractivity (Wildman–Crippen MR) is 87.0 cm³/mol. The molecular formula is C14H12BrIN2O. The number of carbonyl (C=O) groups is 1. The Morgan fingerprint density at radius 3 is 2.84 bits per heavy atom. The lowest BCUT2D eigenvalue weighted by atomic mass is 10.1. The highest BCUT2D eigenvalue weighted by atomic mass is 127. The molecule has 3 nitrogen and oxygen atoms in total. The molecule has 0 aliphatic rings. The molecule has 0 fully saturated rings. The van der Waals surface area contributed by atoms with Crippen molar-refractivity contribution in [3.63, 3.8) is 0 Å². The van der Waals surface area contributed by atoms with Gasteiger partial charge in [-0.2, -0.15) is 0 Å². The zero-order valence-electron chi connectivity index (χ0n) is 10.2. The van der Waals surface area contributed by atoms with Crippen LogP contribution in [-0.4, -0.2) is 10.9 Å². The monoisotopic (exact) mass is 430 g/mol. The van der Waals surface area contributed by atoms with Gasteiger partial charge in [0.15, 0.2) is 0 Å². The molecule has 1 amide bonds. The van der Waals surface area contributed by atoms with E-state index >= 15 is 0 Å². The molecule has 5 heteroatoms. The minimum Gasteiger partial charge on any atom is -0.344 e. The lowest BCUT2D eigenvalue weighted by molar-refractivity contribution is 0.0938. The van der Waals surface area contributed by atoms with Gasteiger partial charge in [-0.25, -0.2) is 0 Å². The number of nitrogens with zero attached hydrogens (tertiary/aromatic N) is 1. The molecule has 98 valence electrons. The summed E-state index contributed by atoms with van der Waals surface area (Å²) >= 11 is 5.54. The molecule has 0 spiro atoms. The van der Waals surface area contributed by atoms with E-state index in [9.17, 15) is 4.79 Å². The van der Waals surface area contributed by atoms with E-state index in [4.69, 9.17) is 0 Å². The second-order valence-corrected chi connectivity index (χ2v) is 6.15. The maximum atomic E-state index is 12.2. The number of amides is 1. The zero-order valence-corrected chi connectivity index (χ0v) is 14.0. The van der Waals surface area contributed by atoms with E-state index in [-0.39, 0.29) is 11.9 Å². The average Bonchev–Trinajstić information content (AvgIpc) is 2.42. The summed E-state index contributed by atoms with van der Waals surface area (Å²) in [5, 5.41) is 2.95. The molecule has 19 heavy (non-hydrogen) atoms. The fraction of sp³-hybridized carbons (Fsp3) is 0.143. The Labute approximate surface area is 134 Å². The lowest BCUT2D eigenvalue weighted by Gasteiger charge is -2.14. The van der Waals surface area contributed by atoms with Gasteiger partial charge in [0, 0.05) is 14.2 Å². The number of carbonyl (C=O) groups excluding carboxylic acids is 1. The maximum absolute atomic E-state index is 12.2. The molecule has 1 aromatic carbocycles. The van der Waals surface area contributed by atoms with Crippen molar-refractivity contribution in [2.45, 2.75) is 13.0 Å². The number of nitrogens with one attached hydrogen (secondary N) is 1. The third-order valence-electron chi connectivity index (χ3n) is 2.65. The van der Waals surface area contributed by atoms with Crippen LogP contribution in [0.2, 0.25) is 0 Å². The highest BCUT2D eigenvalue weighted by Crippen LogP contribution is 2.19. The Morgan fingerprint density at radius 1 is 1.37 bits per heavy atom. The second-order valence-electron chi connectivity index (χ2n) is 4.07. The maximum Gasteiger partial charge on any atom is 0.252 e. The van der Waals surface area contributed by atoms with Crippen molar-refractivity contribution < 1.29 is 4.79 Å². The van der Waals surface area contributed by atoms with Gasteiger partial charge in [-0.3, -0.25) is 9.78 Å². The summed E-state index contributed by atoms with van der Waals surface area (Å²) in [6.45, 7) is 1.92. The zero-order chi connectivity index (χ0) is 13.8. The molecule has 2 rings (SSSR count). The molecule has 0 aliphatic carbocycles. The molecule has 0 saturated heterocycles. The highest BCUT2D eigenvalue weighted by Gasteiger charge is 2.14. The first-order valence-electron chi connectivity index (χ1n) is 5.75. The van der Waals surface area contributed by atoms with Crippen LogP contribution in [0.15, 0.2) is 47.1 Å². The van der Waals surface area contributed by atoms with Gasteiger partial charge in [0.05, 0.1) is 17.3 Å². The predicted octanol–water partition coefficient (Wildman–Crippen LogP) is 3.94. The topological polar surface area (TPSA) is 42.0 Å². The van der Waals surface area contributed by atoms with Gasteiger partial charge in [-0.15, -0.1) is 0 Å².